The molecule has 1 N–H and O–H groups in total. The molecule has 0 bridgehead atoms. The van der Waals surface area contributed by atoms with Crippen molar-refractivity contribution in [3.05, 3.63) is 8.37 Å². The van der Waals surface area contributed by atoms with Crippen LogP contribution in [0.1, 0.15) is 0 Å². The summed E-state index contributed by atoms with van der Waals surface area (Å²) < 4.78 is 3.20. The molecule has 0 fully saturated rings. The Balaban J connectivity index is 0. The molecule has 0 rings (SSSR count). The average molecular weight is 143 g/mol. The van der Waals surface area contributed by atoms with E-state index in [0.29, 0.717) is 0 Å². The molecule has 0 aliphatic heterocycles. The molecule has 0 saturated carbocycles. The van der Waals surface area contributed by atoms with E-state index < -0.39 is 0 Å². The molecule has 0 amide bonds. The van der Waals surface area contributed by atoms with Crippen LogP contribution in [-0.2, 0) is 0 Å². The van der Waals surface area contributed by atoms with Gasteiger partial charge in [-0.2, -0.15) is 0 Å². The minimum atomic E-state index is 0. The molecule has 0 spiro atoms. The molecule has 46 valence electrons. The summed E-state index contributed by atoms with van der Waals surface area (Å²) in [6.45, 7) is 0. The van der Waals surface area contributed by atoms with Gasteiger partial charge in [0.2, 0.25) is 0 Å². The quantitative estimate of drug-likeness (QED) is 0.372. The fraction of sp³-hybridized carbons (Fsp3) is 0.600. The van der Waals surface area contributed by atoms with Crippen molar-refractivity contribution in [2.24, 2.45) is 0 Å². The van der Waals surface area contributed by atoms with Crippen LogP contribution in [0.25, 0.3) is 0 Å². The van der Waals surface area contributed by atoms with Gasteiger partial charge in [-0.25, -0.2) is 0 Å². The fourth-order valence-electron chi connectivity index (χ4n) is 0.447. The number of hydrogen-bond acceptors (Lipinski definition) is 1. The van der Waals surface area contributed by atoms with Crippen LogP contribution in [0.2, 0.25) is 0 Å². The molecular formula is C5H13CaNO. The molecule has 0 heterocycles. The van der Waals surface area contributed by atoms with Gasteiger partial charge < -0.3 is 5.48 Å². The Morgan fingerprint density at radius 2 is 1.62 bits per heavy atom. The Bertz CT molecular complexity index is 75.0. The van der Waals surface area contributed by atoms with Gasteiger partial charge in [0.15, 0.2) is 0 Å². The van der Waals surface area contributed by atoms with Crippen molar-refractivity contribution in [1.29, 1.82) is 0 Å². The van der Waals surface area contributed by atoms with E-state index in [1.807, 2.05) is 0 Å². The van der Waals surface area contributed by atoms with E-state index >= 15 is 0 Å². The third-order valence-electron chi connectivity index (χ3n) is 0.596. The summed E-state index contributed by atoms with van der Waals surface area (Å²) in [7, 11) is 6.46. The van der Waals surface area contributed by atoms with E-state index in [0.717, 1.165) is 40.3 Å². The van der Waals surface area contributed by atoms with Crippen molar-refractivity contribution in [3.8, 4) is 0 Å². The van der Waals surface area contributed by atoms with Crippen LogP contribution in [0.4, 0.5) is 0 Å². The second-order valence-electron chi connectivity index (χ2n) is 2.60. The standard InChI is InChI=1S/C5H11N.Ca.H2O.H/c1-5-6(2,3)4;;;/h1,5H,2-4H3;;1H2;/q+1;;;/p-1. The Morgan fingerprint density at radius 3 is 1.62 bits per heavy atom. The number of hydrogen-bond donors (Lipinski definition) is 0. The van der Waals surface area contributed by atoms with Crippen LogP contribution < -0.4 is 0 Å². The van der Waals surface area contributed by atoms with Crippen molar-refractivity contribution in [1.82, 2.24) is 0 Å². The fourth-order valence-corrected chi connectivity index (χ4v) is 1.84. The van der Waals surface area contributed by atoms with Crippen LogP contribution >= 0.6 is 0 Å². The Morgan fingerprint density at radius 1 is 1.25 bits per heavy atom. The van der Waals surface area contributed by atoms with E-state index in [1.54, 1.807) is 0 Å². The Labute approximate surface area is 74.7 Å². The number of quaternary nitrogens is 1. The molecule has 0 aromatic carbocycles. The molecule has 0 atom stereocenters. The molecule has 0 aromatic heterocycles. The second-order valence-corrected chi connectivity index (χ2v) is 3.64. The molecule has 8 heavy (non-hydrogen) atoms. The smallest absolute Gasteiger partial charge is 0.870 e. The average Bonchev–Trinajstić information content (AvgIpc) is 1.30. The van der Waals surface area contributed by atoms with Gasteiger partial charge in [0.25, 0.3) is 0 Å². The van der Waals surface area contributed by atoms with Crippen molar-refractivity contribution >= 4 is 35.8 Å². The molecular weight excluding hydrogens is 130 g/mol. The third kappa shape index (κ3) is 10.0. The van der Waals surface area contributed by atoms with E-state index in [-0.39, 0.29) is 5.48 Å². The molecule has 3 heteroatoms. The maximum atomic E-state index is 2.24. The summed E-state index contributed by atoms with van der Waals surface area (Å²) in [5.41, 5.74) is 0. The topological polar surface area (TPSA) is 30.0 Å². The summed E-state index contributed by atoms with van der Waals surface area (Å²) in [6, 6.07) is 0. The van der Waals surface area contributed by atoms with Gasteiger partial charge >= 0.3 is 69.8 Å². The molecule has 0 unspecified atom stereocenters. The minimum Gasteiger partial charge on any atom is -0.870 e. The molecule has 2 nitrogen and oxygen atoms in total. The first-order chi connectivity index (χ1) is 3.06. The van der Waals surface area contributed by atoms with E-state index in [9.17, 15) is 0 Å². The van der Waals surface area contributed by atoms with Crippen molar-refractivity contribution in [3.63, 3.8) is 0 Å². The third-order valence-corrected chi connectivity index (χ3v) is 1.06. The van der Waals surface area contributed by atoms with Gasteiger partial charge in [-0.1, -0.05) is 0 Å². The zero-order chi connectivity index (χ0) is 5.91. The SMILES string of the molecule is C[N+](C)(C)C=[CH][CaH].[OH-]. The molecule has 0 radical (unpaired) electrons. The summed E-state index contributed by atoms with van der Waals surface area (Å²) in [4.78, 5) is 0. The normalized spacial score (nSPS) is 11.2. The van der Waals surface area contributed by atoms with Crippen LogP contribution in [-0.4, -0.2) is 66.9 Å². The molecule has 0 aromatic rings. The summed E-state index contributed by atoms with van der Waals surface area (Å²) in [5, 5.41) is 0. The zero-order valence-corrected chi connectivity index (χ0v) is 9.17. The van der Waals surface area contributed by atoms with Crippen molar-refractivity contribution in [2.75, 3.05) is 21.1 Å². The van der Waals surface area contributed by atoms with Gasteiger partial charge in [-0.3, -0.25) is 0 Å². The van der Waals surface area contributed by atoms with Crippen LogP contribution in [0.3, 0.4) is 0 Å². The first-order valence-corrected chi connectivity index (χ1v) is 4.31. The number of nitrogens with zero attached hydrogens (tertiary/aromatic N) is 1. The van der Waals surface area contributed by atoms with E-state index in [2.05, 4.69) is 29.5 Å². The summed E-state index contributed by atoms with van der Waals surface area (Å²) >= 11 is 0.874. The number of rotatable bonds is 1. The van der Waals surface area contributed by atoms with E-state index in [4.69, 9.17) is 0 Å². The van der Waals surface area contributed by atoms with Crippen molar-refractivity contribution in [2.45, 2.75) is 0 Å². The first-order valence-electron chi connectivity index (χ1n) is 2.51. The van der Waals surface area contributed by atoms with Gasteiger partial charge in [0.1, 0.15) is 0 Å². The van der Waals surface area contributed by atoms with Crippen molar-refractivity contribution < 1.29 is 9.96 Å². The van der Waals surface area contributed by atoms with E-state index in [1.165, 1.54) is 0 Å². The Hall–Kier alpha value is 0.920. The summed E-state index contributed by atoms with van der Waals surface area (Å²) in [5.74, 6) is 0. The maximum Gasteiger partial charge on any atom is -0.870 e. The largest absolute Gasteiger partial charge is 0.870 e. The monoisotopic (exact) mass is 143 g/mol. The van der Waals surface area contributed by atoms with Crippen LogP contribution in [0.5, 0.6) is 0 Å². The summed E-state index contributed by atoms with van der Waals surface area (Å²) in [6.07, 6.45) is 2.21. The Kier molecular flexibility index (Phi) is 6.96. The van der Waals surface area contributed by atoms with Crippen LogP contribution in [0.15, 0.2) is 8.37 Å². The minimum absolute atomic E-state index is 0. The predicted octanol–water partition coefficient (Wildman–Crippen LogP) is -0.112. The second kappa shape index (κ2) is 4.77. The molecule has 0 saturated heterocycles. The first kappa shape index (κ1) is 11.7. The predicted molar refractivity (Wildman–Crippen MR) is 36.3 cm³/mol. The zero-order valence-electron chi connectivity index (χ0n) is 6.05. The maximum absolute atomic E-state index is 2.24. The molecule has 0 aliphatic rings. The van der Waals surface area contributed by atoms with Gasteiger partial charge in [-0.15, -0.1) is 0 Å². The van der Waals surface area contributed by atoms with Gasteiger partial charge in [0, 0.05) is 0 Å². The van der Waals surface area contributed by atoms with Crippen LogP contribution in [0, 0.1) is 0 Å². The van der Waals surface area contributed by atoms with Gasteiger partial charge in [0.05, 0.1) is 0 Å². The molecule has 0 aliphatic carbocycles. The van der Waals surface area contributed by atoms with Gasteiger partial charge in [-0.05, 0) is 0 Å².